The predicted octanol–water partition coefficient (Wildman–Crippen LogP) is 2.95. The van der Waals surface area contributed by atoms with E-state index in [1.165, 1.54) is 22.0 Å². The molecule has 0 saturated carbocycles. The van der Waals surface area contributed by atoms with Gasteiger partial charge in [0.2, 0.25) is 0 Å². The first kappa shape index (κ1) is 15.1. The highest BCUT2D eigenvalue weighted by atomic mass is 32.1. The molecule has 0 aromatic carbocycles. The van der Waals surface area contributed by atoms with Crippen LogP contribution in [0.3, 0.4) is 0 Å². The summed E-state index contributed by atoms with van der Waals surface area (Å²) in [5.41, 5.74) is 3.50. The van der Waals surface area contributed by atoms with E-state index < -0.39 is 0 Å². The molecule has 1 atom stereocenters. The fraction of sp³-hybridized carbons (Fsp3) is 0.533. The molecule has 0 fully saturated rings. The van der Waals surface area contributed by atoms with E-state index in [9.17, 15) is 0 Å². The highest BCUT2D eigenvalue weighted by Crippen LogP contribution is 2.24. The Morgan fingerprint density at radius 3 is 2.65 bits per heavy atom. The lowest BCUT2D eigenvalue weighted by Gasteiger charge is -2.16. The van der Waals surface area contributed by atoms with Gasteiger partial charge in [0.15, 0.2) is 0 Å². The topological polar surface area (TPSA) is 50.7 Å². The Morgan fingerprint density at radius 2 is 2.05 bits per heavy atom. The molecule has 1 N–H and O–H groups in total. The molecule has 2 aromatic rings. The molecule has 1 unspecified atom stereocenters. The van der Waals surface area contributed by atoms with Crippen molar-refractivity contribution < 1.29 is 0 Å². The molecule has 2 aromatic heterocycles. The molecule has 2 heterocycles. The third-order valence-electron chi connectivity index (χ3n) is 3.39. The molecule has 4 nitrogen and oxygen atoms in total. The lowest BCUT2D eigenvalue weighted by molar-refractivity contribution is 0.547. The largest absolute Gasteiger partial charge is 0.309 e. The first-order valence-electron chi connectivity index (χ1n) is 7.26. The molecule has 0 aliphatic carbocycles. The third-order valence-corrected chi connectivity index (χ3v) is 4.27. The average Bonchev–Trinajstić information content (AvgIpc) is 2.96. The maximum absolute atomic E-state index is 4.56. The summed E-state index contributed by atoms with van der Waals surface area (Å²) < 4.78 is 4.10. The van der Waals surface area contributed by atoms with Crippen LogP contribution in [0, 0.1) is 0 Å². The van der Waals surface area contributed by atoms with E-state index in [-0.39, 0.29) is 6.04 Å². The second-order valence-electron chi connectivity index (χ2n) is 4.76. The third kappa shape index (κ3) is 3.61. The summed E-state index contributed by atoms with van der Waals surface area (Å²) >= 11 is 1.50. The molecule has 20 heavy (non-hydrogen) atoms. The number of aromatic nitrogens is 3. The molecular formula is C15H22N4S. The molecule has 0 spiro atoms. The number of pyridine rings is 1. The van der Waals surface area contributed by atoms with Gasteiger partial charge in [0, 0.05) is 18.3 Å². The summed E-state index contributed by atoms with van der Waals surface area (Å²) in [5, 5.41) is 7.74. The van der Waals surface area contributed by atoms with Gasteiger partial charge in [0.25, 0.3) is 0 Å². The molecule has 0 aliphatic heterocycles. The number of rotatable bonds is 7. The van der Waals surface area contributed by atoms with Crippen LogP contribution < -0.4 is 5.32 Å². The van der Waals surface area contributed by atoms with Crippen molar-refractivity contribution in [2.75, 3.05) is 6.54 Å². The first-order valence-corrected chi connectivity index (χ1v) is 8.04. The Hall–Kier alpha value is -1.33. The number of hydrogen-bond acceptors (Lipinski definition) is 5. The summed E-state index contributed by atoms with van der Waals surface area (Å²) in [5.74, 6) is 0. The predicted molar refractivity (Wildman–Crippen MR) is 83.0 cm³/mol. The quantitative estimate of drug-likeness (QED) is 0.852. The van der Waals surface area contributed by atoms with Crippen molar-refractivity contribution in [1.29, 1.82) is 0 Å². The van der Waals surface area contributed by atoms with Gasteiger partial charge >= 0.3 is 0 Å². The summed E-state index contributed by atoms with van der Waals surface area (Å²) in [6.07, 6.45) is 4.82. The first-order chi connectivity index (χ1) is 9.78. The van der Waals surface area contributed by atoms with Crippen molar-refractivity contribution >= 4 is 11.5 Å². The van der Waals surface area contributed by atoms with E-state index in [0.29, 0.717) is 0 Å². The molecule has 108 valence electrons. The summed E-state index contributed by atoms with van der Waals surface area (Å²) in [6.45, 7) is 7.33. The Balaban J connectivity index is 2.16. The van der Waals surface area contributed by atoms with Crippen molar-refractivity contribution in [1.82, 2.24) is 19.9 Å². The Labute approximate surface area is 124 Å². The number of aryl methyl sites for hydroxylation is 2. The molecular weight excluding hydrogens is 268 g/mol. The zero-order valence-corrected chi connectivity index (χ0v) is 13.2. The van der Waals surface area contributed by atoms with Crippen LogP contribution in [0.15, 0.2) is 18.3 Å². The monoisotopic (exact) mass is 290 g/mol. The van der Waals surface area contributed by atoms with Gasteiger partial charge < -0.3 is 5.32 Å². The van der Waals surface area contributed by atoms with Crippen LogP contribution in [0.2, 0.25) is 0 Å². The van der Waals surface area contributed by atoms with Gasteiger partial charge in [0.1, 0.15) is 0 Å². The van der Waals surface area contributed by atoms with Crippen LogP contribution >= 0.6 is 11.5 Å². The summed E-state index contributed by atoms with van der Waals surface area (Å²) in [7, 11) is 0. The number of nitrogens with zero attached hydrogens (tertiary/aromatic N) is 3. The highest BCUT2D eigenvalue weighted by molar-refractivity contribution is 7.05. The SMILES string of the molecule is CCNC(Cc1ccc(CC)cn1)c1snnc1CC. The molecule has 2 rings (SSSR count). The molecule has 0 radical (unpaired) electrons. The smallest absolute Gasteiger partial charge is 0.0801 e. The van der Waals surface area contributed by atoms with Gasteiger partial charge in [0.05, 0.1) is 16.6 Å². The standard InChI is InChI=1S/C15H22N4S/c1-4-11-7-8-12(17-10-11)9-14(16-6-3)15-13(5-2)18-19-20-15/h7-8,10,14,16H,4-6,9H2,1-3H3. The Kier molecular flexibility index (Phi) is 5.61. The lowest BCUT2D eigenvalue weighted by atomic mass is 10.1. The van der Waals surface area contributed by atoms with E-state index in [1.807, 2.05) is 6.20 Å². The van der Waals surface area contributed by atoms with Crippen molar-refractivity contribution in [3.05, 3.63) is 40.2 Å². The maximum Gasteiger partial charge on any atom is 0.0801 e. The van der Waals surface area contributed by atoms with E-state index in [4.69, 9.17) is 0 Å². The molecule has 0 amide bonds. The second-order valence-corrected chi connectivity index (χ2v) is 5.55. The summed E-state index contributed by atoms with van der Waals surface area (Å²) in [6, 6.07) is 4.55. The minimum absolute atomic E-state index is 0.259. The lowest BCUT2D eigenvalue weighted by Crippen LogP contribution is -2.23. The van der Waals surface area contributed by atoms with E-state index in [0.717, 1.165) is 37.2 Å². The van der Waals surface area contributed by atoms with Crippen LogP contribution in [0.5, 0.6) is 0 Å². The normalized spacial score (nSPS) is 12.6. The molecule has 0 saturated heterocycles. The Bertz CT molecular complexity index is 521. The number of hydrogen-bond donors (Lipinski definition) is 1. The van der Waals surface area contributed by atoms with Crippen molar-refractivity contribution in [3.63, 3.8) is 0 Å². The molecule has 0 aliphatic rings. The highest BCUT2D eigenvalue weighted by Gasteiger charge is 2.18. The average molecular weight is 290 g/mol. The van der Waals surface area contributed by atoms with Crippen LogP contribution in [-0.2, 0) is 19.3 Å². The molecule has 0 bridgehead atoms. The minimum Gasteiger partial charge on any atom is -0.309 e. The number of likely N-dealkylation sites (N-methyl/N-ethyl adjacent to an activating group) is 1. The van der Waals surface area contributed by atoms with Crippen molar-refractivity contribution in [3.8, 4) is 0 Å². The maximum atomic E-state index is 4.56. The van der Waals surface area contributed by atoms with Gasteiger partial charge in [-0.25, -0.2) is 0 Å². The van der Waals surface area contributed by atoms with Crippen LogP contribution in [0.25, 0.3) is 0 Å². The van der Waals surface area contributed by atoms with Crippen LogP contribution in [-0.4, -0.2) is 21.1 Å². The molecule has 5 heteroatoms. The second kappa shape index (κ2) is 7.45. The van der Waals surface area contributed by atoms with Gasteiger partial charge in [-0.15, -0.1) is 5.10 Å². The van der Waals surface area contributed by atoms with E-state index >= 15 is 0 Å². The van der Waals surface area contributed by atoms with Crippen LogP contribution in [0.4, 0.5) is 0 Å². The van der Waals surface area contributed by atoms with Gasteiger partial charge in [-0.05, 0) is 42.5 Å². The summed E-state index contributed by atoms with van der Waals surface area (Å²) in [4.78, 5) is 5.81. The van der Waals surface area contributed by atoms with Crippen molar-refractivity contribution in [2.24, 2.45) is 0 Å². The zero-order chi connectivity index (χ0) is 14.4. The Morgan fingerprint density at radius 1 is 1.20 bits per heavy atom. The van der Waals surface area contributed by atoms with E-state index in [2.05, 4.69) is 52.8 Å². The van der Waals surface area contributed by atoms with Crippen LogP contribution in [0.1, 0.15) is 48.6 Å². The fourth-order valence-corrected chi connectivity index (χ4v) is 3.04. The fourth-order valence-electron chi connectivity index (χ4n) is 2.22. The number of nitrogens with one attached hydrogen (secondary N) is 1. The van der Waals surface area contributed by atoms with Gasteiger partial charge in [-0.3, -0.25) is 4.98 Å². The van der Waals surface area contributed by atoms with Gasteiger partial charge in [-0.2, -0.15) is 0 Å². The van der Waals surface area contributed by atoms with Gasteiger partial charge in [-0.1, -0.05) is 31.3 Å². The zero-order valence-electron chi connectivity index (χ0n) is 12.4. The van der Waals surface area contributed by atoms with Crippen molar-refractivity contribution in [2.45, 2.75) is 46.1 Å². The minimum atomic E-state index is 0.259. The van der Waals surface area contributed by atoms with E-state index in [1.54, 1.807) is 0 Å².